The number of benzene rings is 2. The third-order valence-corrected chi connectivity index (χ3v) is 6.60. The predicted octanol–water partition coefficient (Wildman–Crippen LogP) is 6.40. The summed E-state index contributed by atoms with van der Waals surface area (Å²) in [5, 5.41) is 9.65. The van der Waals surface area contributed by atoms with Crippen LogP contribution in [-0.2, 0) is 4.74 Å². The zero-order valence-corrected chi connectivity index (χ0v) is 20.0. The Morgan fingerprint density at radius 1 is 1.08 bits per heavy atom. The summed E-state index contributed by atoms with van der Waals surface area (Å²) >= 11 is 0. The molecule has 1 atom stereocenters. The number of nitrogens with zero attached hydrogens (tertiary/aromatic N) is 3. The standard InChI is InChI=1S/C29H27F2N3O2/c1-18-12-13-36-22(15-24(18)20-8-10-21(35)11-9-20)14-19-4-2-7-26-27(17-32-16-19)34-29(33-26)23-5-3-6-25(30)28(23)31/h3,5-11,15,17,19,35H,2,4,12-14,16H2,1H3. The van der Waals surface area contributed by atoms with E-state index >= 15 is 0 Å². The fraction of sp³-hybridized carbons (Fsp3) is 0.276. The van der Waals surface area contributed by atoms with E-state index in [1.807, 2.05) is 18.2 Å². The van der Waals surface area contributed by atoms with Crippen molar-refractivity contribution in [3.05, 3.63) is 94.4 Å². The van der Waals surface area contributed by atoms with Crippen LogP contribution in [0.25, 0.3) is 5.57 Å². The van der Waals surface area contributed by atoms with Crippen molar-refractivity contribution in [1.29, 1.82) is 0 Å². The van der Waals surface area contributed by atoms with Gasteiger partial charge in [-0.25, -0.2) is 18.8 Å². The van der Waals surface area contributed by atoms with Gasteiger partial charge in [0.1, 0.15) is 11.5 Å². The first-order valence-electron chi connectivity index (χ1n) is 12.1. The van der Waals surface area contributed by atoms with E-state index < -0.39 is 11.6 Å². The molecule has 5 nitrogen and oxygen atoms in total. The summed E-state index contributed by atoms with van der Waals surface area (Å²) in [5.41, 5.74) is 4.68. The Bertz CT molecular complexity index is 1350. The molecule has 0 saturated carbocycles. The summed E-state index contributed by atoms with van der Waals surface area (Å²) < 4.78 is 34.0. The molecule has 0 bridgehead atoms. The van der Waals surface area contributed by atoms with Crippen LogP contribution in [0.5, 0.6) is 5.75 Å². The molecule has 36 heavy (non-hydrogen) atoms. The zero-order valence-electron chi connectivity index (χ0n) is 20.0. The van der Waals surface area contributed by atoms with E-state index in [0.717, 1.165) is 48.6 Å². The van der Waals surface area contributed by atoms with Gasteiger partial charge in [-0.15, -0.1) is 0 Å². The van der Waals surface area contributed by atoms with E-state index in [1.54, 1.807) is 18.3 Å². The van der Waals surface area contributed by atoms with Gasteiger partial charge in [-0.05, 0) is 67.2 Å². The molecule has 3 aliphatic heterocycles. The highest BCUT2D eigenvalue weighted by atomic mass is 19.2. The van der Waals surface area contributed by atoms with Gasteiger partial charge < -0.3 is 9.84 Å². The van der Waals surface area contributed by atoms with Gasteiger partial charge in [-0.1, -0.05) is 29.8 Å². The number of allylic oxidation sites excluding steroid dienone is 5. The molecule has 0 aromatic heterocycles. The molecule has 0 saturated heterocycles. The minimum Gasteiger partial charge on any atom is -0.508 e. The molecular weight excluding hydrogens is 460 g/mol. The van der Waals surface area contributed by atoms with Crippen molar-refractivity contribution in [2.75, 3.05) is 13.2 Å². The number of hydrogen-bond acceptors (Lipinski definition) is 5. The molecule has 0 amide bonds. The van der Waals surface area contributed by atoms with Gasteiger partial charge in [0.05, 0.1) is 23.6 Å². The summed E-state index contributed by atoms with van der Waals surface area (Å²) in [6, 6.07) is 11.2. The van der Waals surface area contributed by atoms with Crippen molar-refractivity contribution < 1.29 is 18.6 Å². The normalized spacial score (nSPS) is 20.1. The molecule has 5 rings (SSSR count). The fourth-order valence-electron chi connectivity index (χ4n) is 4.58. The lowest BCUT2D eigenvalue weighted by atomic mass is 9.95. The van der Waals surface area contributed by atoms with E-state index in [0.29, 0.717) is 24.6 Å². The number of halogens is 2. The number of amidine groups is 1. The second-order valence-corrected chi connectivity index (χ2v) is 9.21. The SMILES string of the molecule is CC1=C(c2ccc(O)cc2)C=C(CC2CCC=C3N=C(c4cccc(F)c4F)N=C3C=NC2)OCC1. The Morgan fingerprint density at radius 3 is 2.75 bits per heavy atom. The smallest absolute Gasteiger partial charge is 0.169 e. The highest BCUT2D eigenvalue weighted by Gasteiger charge is 2.22. The molecule has 0 fully saturated rings. The number of hydrogen-bond donors (Lipinski definition) is 1. The van der Waals surface area contributed by atoms with Crippen molar-refractivity contribution in [3.8, 4) is 5.75 Å². The van der Waals surface area contributed by atoms with E-state index in [9.17, 15) is 13.9 Å². The molecular formula is C29H27F2N3O2. The Balaban J connectivity index is 1.31. The van der Waals surface area contributed by atoms with E-state index in [1.165, 1.54) is 17.7 Å². The van der Waals surface area contributed by atoms with Crippen LogP contribution >= 0.6 is 0 Å². The van der Waals surface area contributed by atoms with Crippen molar-refractivity contribution >= 4 is 23.3 Å². The topological polar surface area (TPSA) is 66.5 Å². The molecule has 1 unspecified atom stereocenters. The number of ether oxygens (including phenoxy) is 1. The second kappa shape index (κ2) is 10.4. The van der Waals surface area contributed by atoms with E-state index in [4.69, 9.17) is 4.74 Å². The van der Waals surface area contributed by atoms with Crippen LogP contribution in [0.1, 0.15) is 43.7 Å². The Hall–Kier alpha value is -3.87. The molecule has 7 heteroatoms. The minimum absolute atomic E-state index is 0.0458. The van der Waals surface area contributed by atoms with Gasteiger partial charge in [0.2, 0.25) is 0 Å². The lowest BCUT2D eigenvalue weighted by Crippen LogP contribution is -2.08. The summed E-state index contributed by atoms with van der Waals surface area (Å²) in [6.45, 7) is 3.34. The minimum atomic E-state index is -0.947. The van der Waals surface area contributed by atoms with Crippen LogP contribution in [0.15, 0.2) is 86.6 Å². The van der Waals surface area contributed by atoms with Crippen LogP contribution in [0.2, 0.25) is 0 Å². The average Bonchev–Trinajstić information content (AvgIpc) is 3.20. The number of phenols is 1. The number of aliphatic imine (C=N–C) groups is 3. The molecule has 3 aliphatic rings. The van der Waals surface area contributed by atoms with Crippen LogP contribution in [0.3, 0.4) is 0 Å². The first-order chi connectivity index (χ1) is 17.5. The zero-order chi connectivity index (χ0) is 25.1. The molecule has 3 heterocycles. The maximum absolute atomic E-state index is 14.2. The molecule has 2 aromatic rings. The molecule has 0 radical (unpaired) electrons. The number of fused-ring (bicyclic) bond motifs is 1. The van der Waals surface area contributed by atoms with Crippen molar-refractivity contribution in [2.24, 2.45) is 20.9 Å². The lowest BCUT2D eigenvalue weighted by molar-refractivity contribution is 0.196. The maximum Gasteiger partial charge on any atom is 0.169 e. The summed E-state index contributed by atoms with van der Waals surface area (Å²) in [5.74, 6) is -0.255. The highest BCUT2D eigenvalue weighted by molar-refractivity contribution is 6.42. The number of aromatic hydroxyl groups is 1. The Kier molecular flexibility index (Phi) is 6.89. The van der Waals surface area contributed by atoms with Gasteiger partial charge in [0, 0.05) is 25.6 Å². The summed E-state index contributed by atoms with van der Waals surface area (Å²) in [7, 11) is 0. The van der Waals surface area contributed by atoms with E-state index in [2.05, 4.69) is 28.0 Å². The Morgan fingerprint density at radius 2 is 1.92 bits per heavy atom. The number of rotatable bonds is 4. The van der Waals surface area contributed by atoms with Gasteiger partial charge in [0.25, 0.3) is 0 Å². The molecule has 0 aliphatic carbocycles. The molecule has 184 valence electrons. The van der Waals surface area contributed by atoms with Crippen molar-refractivity contribution in [3.63, 3.8) is 0 Å². The van der Waals surface area contributed by atoms with E-state index in [-0.39, 0.29) is 23.1 Å². The van der Waals surface area contributed by atoms with Crippen molar-refractivity contribution in [1.82, 2.24) is 0 Å². The van der Waals surface area contributed by atoms with Gasteiger partial charge >= 0.3 is 0 Å². The van der Waals surface area contributed by atoms with Gasteiger partial charge in [-0.2, -0.15) is 0 Å². The third-order valence-electron chi connectivity index (χ3n) is 6.60. The lowest BCUT2D eigenvalue weighted by Gasteiger charge is -2.16. The molecule has 2 aromatic carbocycles. The second-order valence-electron chi connectivity index (χ2n) is 9.21. The highest BCUT2D eigenvalue weighted by Crippen LogP contribution is 2.31. The largest absolute Gasteiger partial charge is 0.508 e. The van der Waals surface area contributed by atoms with Crippen molar-refractivity contribution in [2.45, 2.75) is 32.6 Å². The first-order valence-corrected chi connectivity index (χ1v) is 12.1. The first kappa shape index (κ1) is 23.9. The van der Waals surface area contributed by atoms with Crippen LogP contribution in [0, 0.1) is 17.6 Å². The van der Waals surface area contributed by atoms with Crippen LogP contribution < -0.4 is 0 Å². The summed E-state index contributed by atoms with van der Waals surface area (Å²) in [6.07, 6.45) is 9.02. The fourth-order valence-corrected chi connectivity index (χ4v) is 4.58. The quantitative estimate of drug-likeness (QED) is 0.542. The monoisotopic (exact) mass is 487 g/mol. The maximum atomic E-state index is 14.2. The van der Waals surface area contributed by atoms with Gasteiger partial charge in [-0.3, -0.25) is 4.99 Å². The molecule has 1 N–H and O–H groups in total. The van der Waals surface area contributed by atoms with Crippen LogP contribution in [-0.4, -0.2) is 36.0 Å². The summed E-state index contributed by atoms with van der Waals surface area (Å²) in [4.78, 5) is 13.5. The van der Waals surface area contributed by atoms with Gasteiger partial charge in [0.15, 0.2) is 17.5 Å². The Labute approximate surface area is 209 Å². The third kappa shape index (κ3) is 5.20. The van der Waals surface area contributed by atoms with Crippen LogP contribution in [0.4, 0.5) is 8.78 Å². The predicted molar refractivity (Wildman–Crippen MR) is 138 cm³/mol. The molecule has 0 spiro atoms. The number of phenolic OH excluding ortho intramolecular Hbond substituents is 1. The average molecular weight is 488 g/mol.